The van der Waals surface area contributed by atoms with Crippen LogP contribution >= 0.6 is 0 Å². The normalized spacial score (nSPS) is 24.1. The number of nitrogens with zero attached hydrogens (tertiary/aromatic N) is 1. The third-order valence-electron chi connectivity index (χ3n) is 20.3. The van der Waals surface area contributed by atoms with Crippen molar-refractivity contribution in [2.75, 3.05) is 4.90 Å². The molecule has 11 rings (SSSR count). The summed E-state index contributed by atoms with van der Waals surface area (Å²) in [6, 6.07) is 31.9. The quantitative estimate of drug-likeness (QED) is 0.160. The Balaban J connectivity index is 1.29. The molecule has 2 heteroatoms. The Morgan fingerprint density at radius 2 is 0.809 bits per heavy atom. The Bertz CT molecular complexity index is 2770. The van der Waals surface area contributed by atoms with E-state index in [1.807, 2.05) is 0 Å². The predicted molar refractivity (Wildman–Crippen MR) is 295 cm³/mol. The maximum Gasteiger partial charge on any atom is 0.247 e. The van der Waals surface area contributed by atoms with Crippen molar-refractivity contribution in [3.63, 3.8) is 0 Å². The van der Waals surface area contributed by atoms with Crippen molar-refractivity contribution in [1.82, 2.24) is 0 Å². The third kappa shape index (κ3) is 6.66. The fourth-order valence-corrected chi connectivity index (χ4v) is 14.9. The van der Waals surface area contributed by atoms with Gasteiger partial charge in [0.1, 0.15) is 0 Å². The van der Waals surface area contributed by atoms with Crippen molar-refractivity contribution in [3.8, 4) is 0 Å². The van der Waals surface area contributed by atoms with Gasteiger partial charge in [-0.3, -0.25) is 0 Å². The molecule has 0 aromatic heterocycles. The van der Waals surface area contributed by atoms with Crippen LogP contribution < -0.4 is 21.3 Å². The minimum absolute atomic E-state index is 0.0810. The van der Waals surface area contributed by atoms with Gasteiger partial charge in [-0.25, -0.2) is 0 Å². The van der Waals surface area contributed by atoms with Gasteiger partial charge in [0.25, 0.3) is 0 Å². The first-order valence-corrected chi connectivity index (χ1v) is 27.1. The molecule has 0 saturated carbocycles. The molecule has 356 valence electrons. The van der Waals surface area contributed by atoms with Gasteiger partial charge in [-0.05, 0) is 203 Å². The lowest BCUT2D eigenvalue weighted by molar-refractivity contribution is 0.331. The van der Waals surface area contributed by atoms with Crippen molar-refractivity contribution in [2.24, 2.45) is 0 Å². The fraction of sp³-hybridized carbons (Fsp3) is 0.545. The van der Waals surface area contributed by atoms with E-state index in [0.29, 0.717) is 5.92 Å². The van der Waals surface area contributed by atoms with E-state index in [0.717, 1.165) is 0 Å². The first-order chi connectivity index (χ1) is 31.5. The van der Waals surface area contributed by atoms with E-state index in [9.17, 15) is 0 Å². The van der Waals surface area contributed by atoms with Crippen molar-refractivity contribution in [3.05, 3.63) is 140 Å². The van der Waals surface area contributed by atoms with Crippen LogP contribution in [0.4, 0.5) is 17.1 Å². The first kappa shape index (κ1) is 46.4. The largest absolute Gasteiger partial charge is 0.311 e. The highest BCUT2D eigenvalue weighted by molar-refractivity contribution is 6.99. The maximum atomic E-state index is 2.79. The average molecular weight is 902 g/mol. The molecule has 68 heavy (non-hydrogen) atoms. The Morgan fingerprint density at radius 3 is 1.31 bits per heavy atom. The van der Waals surface area contributed by atoms with Crippen molar-refractivity contribution in [2.45, 2.75) is 231 Å². The van der Waals surface area contributed by atoms with E-state index in [-0.39, 0.29) is 56.0 Å². The number of hydrogen-bond donors (Lipinski definition) is 0. The SMILES string of the molecule is CC(C)c1cc2c3c(c1)N(c1ccc4c(c1)C(C)(C)CCC4(C)C)c1cc4c(cc1B3c1cc3c(cc1C2c1ccc2c(c1)C(C)(C)CCC2(C)C)C(C)(C)CCC3(C)C)C(C)(C)CCC4(C)C. The zero-order valence-electron chi connectivity index (χ0n) is 45.8. The number of hydrogen-bond acceptors (Lipinski definition) is 1. The molecule has 0 saturated heterocycles. The average Bonchev–Trinajstić information content (AvgIpc) is 3.26. The molecule has 5 aromatic rings. The monoisotopic (exact) mass is 902 g/mol. The molecule has 0 fully saturated rings. The second-order valence-corrected chi connectivity index (χ2v) is 29.0. The van der Waals surface area contributed by atoms with Crippen LogP contribution in [-0.2, 0) is 43.3 Å². The van der Waals surface area contributed by atoms with Gasteiger partial charge in [-0.1, -0.05) is 179 Å². The summed E-state index contributed by atoms with van der Waals surface area (Å²) in [4.78, 5) is 2.79. The molecule has 6 aliphatic rings. The van der Waals surface area contributed by atoms with Gasteiger partial charge >= 0.3 is 0 Å². The molecule has 0 spiro atoms. The van der Waals surface area contributed by atoms with Crippen LogP contribution in [0.2, 0.25) is 0 Å². The molecular formula is C66H84BN. The molecule has 1 nitrogen and oxygen atoms in total. The molecule has 1 atom stereocenters. The summed E-state index contributed by atoms with van der Waals surface area (Å²) in [5.74, 6) is 0.490. The van der Waals surface area contributed by atoms with E-state index in [1.165, 1.54) is 107 Å². The standard InChI is InChI=1S/C66H84BN/c1-39(2)41-31-44-57(40-19-21-45-47(32-40)61(7,8)25-23-59(45,3)4)43-35-49-50(64(13,14)28-27-63(49,11)12)36-53(43)67-54-37-51-52(66(17,18)30-29-65(51,15)16)38-55(54)68(56(33-41)58(44)67)42-20-22-46-48(34-42)62(9,10)26-24-60(46,5)6/h19-22,31-39,57H,23-30H2,1-18H3. The van der Waals surface area contributed by atoms with Crippen LogP contribution in [0.25, 0.3) is 0 Å². The van der Waals surface area contributed by atoms with Crippen LogP contribution in [0.5, 0.6) is 0 Å². The Hall–Kier alpha value is -4.04. The van der Waals surface area contributed by atoms with Gasteiger partial charge < -0.3 is 4.90 Å². The molecule has 0 radical (unpaired) electrons. The zero-order valence-corrected chi connectivity index (χ0v) is 45.8. The van der Waals surface area contributed by atoms with Gasteiger partial charge in [0.2, 0.25) is 6.71 Å². The highest BCUT2D eigenvalue weighted by Gasteiger charge is 2.50. The van der Waals surface area contributed by atoms with Gasteiger partial charge in [0, 0.05) is 23.0 Å². The minimum atomic E-state index is 0.0810. The van der Waals surface area contributed by atoms with Crippen LogP contribution in [-0.4, -0.2) is 6.71 Å². The fourth-order valence-electron chi connectivity index (χ4n) is 14.9. The van der Waals surface area contributed by atoms with E-state index in [2.05, 4.69) is 202 Å². The van der Waals surface area contributed by atoms with Crippen LogP contribution in [0, 0.1) is 0 Å². The summed E-state index contributed by atoms with van der Waals surface area (Å²) in [5, 5.41) is 0. The van der Waals surface area contributed by atoms with Gasteiger partial charge in [-0.15, -0.1) is 0 Å². The summed E-state index contributed by atoms with van der Waals surface area (Å²) in [6.07, 6.45) is 9.69. The molecule has 1 unspecified atom stereocenters. The second kappa shape index (κ2) is 14.3. The van der Waals surface area contributed by atoms with Gasteiger partial charge in [0.15, 0.2) is 0 Å². The highest BCUT2D eigenvalue weighted by atomic mass is 15.2. The van der Waals surface area contributed by atoms with Crippen molar-refractivity contribution < 1.29 is 0 Å². The lowest BCUT2D eigenvalue weighted by Gasteiger charge is -2.49. The number of anilines is 3. The van der Waals surface area contributed by atoms with Crippen LogP contribution in [0.15, 0.2) is 72.8 Å². The molecule has 5 aromatic carbocycles. The molecule has 0 N–H and O–H groups in total. The van der Waals surface area contributed by atoms with Crippen molar-refractivity contribution in [1.29, 1.82) is 0 Å². The molecule has 4 aliphatic carbocycles. The van der Waals surface area contributed by atoms with E-state index in [1.54, 1.807) is 44.4 Å². The molecule has 2 aliphatic heterocycles. The summed E-state index contributed by atoms with van der Waals surface area (Å²) in [5.41, 5.74) is 28.0. The van der Waals surface area contributed by atoms with Crippen LogP contribution in [0.3, 0.4) is 0 Å². The van der Waals surface area contributed by atoms with E-state index >= 15 is 0 Å². The number of rotatable bonds is 3. The minimum Gasteiger partial charge on any atom is -0.311 e. The highest BCUT2D eigenvalue weighted by Crippen LogP contribution is 2.55. The molecular weight excluding hydrogens is 818 g/mol. The summed E-state index contributed by atoms with van der Waals surface area (Å²) < 4.78 is 0. The van der Waals surface area contributed by atoms with E-state index < -0.39 is 0 Å². The summed E-state index contributed by atoms with van der Waals surface area (Å²) in [7, 11) is 0. The number of benzene rings is 5. The smallest absolute Gasteiger partial charge is 0.247 e. The third-order valence-corrected chi connectivity index (χ3v) is 20.3. The maximum absolute atomic E-state index is 2.79. The Kier molecular flexibility index (Phi) is 9.76. The van der Waals surface area contributed by atoms with E-state index in [4.69, 9.17) is 0 Å². The topological polar surface area (TPSA) is 3.24 Å². The second-order valence-electron chi connectivity index (χ2n) is 29.0. The summed E-state index contributed by atoms with van der Waals surface area (Å²) >= 11 is 0. The van der Waals surface area contributed by atoms with Gasteiger partial charge in [-0.2, -0.15) is 0 Å². The van der Waals surface area contributed by atoms with Crippen molar-refractivity contribution >= 4 is 40.2 Å². The zero-order chi connectivity index (χ0) is 48.8. The molecule has 2 heterocycles. The first-order valence-electron chi connectivity index (χ1n) is 27.1. The lowest BCUT2D eigenvalue weighted by Crippen LogP contribution is -2.63. The molecule has 0 amide bonds. The number of fused-ring (bicyclic) bond motifs is 8. The Labute approximate surface area is 413 Å². The predicted octanol–water partition coefficient (Wildman–Crippen LogP) is 16.0. The lowest BCUT2D eigenvalue weighted by atomic mass is 9.30. The molecule has 0 bridgehead atoms. The summed E-state index contributed by atoms with van der Waals surface area (Å²) in [6.45, 7) is 45.1. The Morgan fingerprint density at radius 1 is 0.397 bits per heavy atom. The van der Waals surface area contributed by atoms with Gasteiger partial charge in [0.05, 0.1) is 0 Å². The van der Waals surface area contributed by atoms with Crippen LogP contribution in [0.1, 0.15) is 255 Å².